The Kier molecular flexibility index (Phi) is 7.01. The summed E-state index contributed by atoms with van der Waals surface area (Å²) in [5, 5.41) is 12.0. The van der Waals surface area contributed by atoms with Crippen LogP contribution in [0, 0.1) is 5.92 Å². The average molecular weight is 590 g/mol. The first kappa shape index (κ1) is 26.7. The van der Waals surface area contributed by atoms with E-state index in [0.29, 0.717) is 38.3 Å². The van der Waals surface area contributed by atoms with Gasteiger partial charge >= 0.3 is 4.87 Å². The lowest BCUT2D eigenvalue weighted by atomic mass is 9.83. The fourth-order valence-electron chi connectivity index (χ4n) is 5.09. The molecule has 3 N–H and O–H groups in total. The number of rotatable bonds is 7. The lowest BCUT2D eigenvalue weighted by molar-refractivity contribution is -0.122. The fraction of sp³-hybridized carbons (Fsp3) is 0.172. The van der Waals surface area contributed by atoms with E-state index < -0.39 is 23.0 Å². The third-order valence-corrected chi connectivity index (χ3v) is 9.30. The molecule has 41 heavy (non-hydrogen) atoms. The van der Waals surface area contributed by atoms with Crippen LogP contribution in [0.1, 0.15) is 16.4 Å². The Morgan fingerprint density at radius 3 is 2.49 bits per heavy atom. The van der Waals surface area contributed by atoms with Gasteiger partial charge in [-0.25, -0.2) is 4.90 Å². The van der Waals surface area contributed by atoms with Gasteiger partial charge in [0, 0.05) is 16.5 Å². The van der Waals surface area contributed by atoms with Crippen LogP contribution in [-0.4, -0.2) is 46.8 Å². The molecule has 10 nitrogen and oxygen atoms in total. The SMILES string of the molecule is COc1cc(C2c3sc(=O)[nH]c3SC3C(=O)N(c4ccccc4)C(=O)C32)ccc1OCC(=O)Nc1ccc(O)cc1. The zero-order valence-electron chi connectivity index (χ0n) is 21.5. The number of carbonyl (C=O) groups excluding carboxylic acids is 3. The first-order chi connectivity index (χ1) is 19.8. The van der Waals surface area contributed by atoms with Crippen LogP contribution < -0.4 is 24.6 Å². The molecule has 1 aromatic heterocycles. The van der Waals surface area contributed by atoms with E-state index in [2.05, 4.69) is 10.3 Å². The molecule has 1 saturated heterocycles. The topological polar surface area (TPSA) is 138 Å². The molecule has 208 valence electrons. The van der Waals surface area contributed by atoms with Crippen LogP contribution in [0.3, 0.4) is 0 Å². The second-order valence-corrected chi connectivity index (χ2v) is 11.6. The maximum atomic E-state index is 13.8. The van der Waals surface area contributed by atoms with Crippen molar-refractivity contribution in [1.82, 2.24) is 4.98 Å². The van der Waals surface area contributed by atoms with Crippen molar-refractivity contribution in [3.8, 4) is 17.2 Å². The van der Waals surface area contributed by atoms with Crippen LogP contribution in [0.4, 0.5) is 11.4 Å². The maximum absolute atomic E-state index is 13.8. The number of carbonyl (C=O) groups is 3. The first-order valence-corrected chi connectivity index (χ1v) is 14.3. The number of para-hydroxylation sites is 1. The van der Waals surface area contributed by atoms with E-state index in [1.165, 1.54) is 35.9 Å². The van der Waals surface area contributed by atoms with Crippen molar-refractivity contribution in [3.05, 3.63) is 92.9 Å². The zero-order valence-corrected chi connectivity index (χ0v) is 23.2. The number of ether oxygens (including phenoxy) is 2. The van der Waals surface area contributed by atoms with Crippen molar-refractivity contribution in [1.29, 1.82) is 0 Å². The summed E-state index contributed by atoms with van der Waals surface area (Å²) in [6, 6.07) is 19.9. The number of phenolic OH excluding ortho intramolecular Hbond substituents is 1. The number of hydrogen-bond acceptors (Lipinski definition) is 9. The van der Waals surface area contributed by atoms with E-state index in [0.717, 1.165) is 11.3 Å². The second-order valence-electron chi connectivity index (χ2n) is 9.39. The largest absolute Gasteiger partial charge is 0.508 e. The Bertz CT molecular complexity index is 1700. The summed E-state index contributed by atoms with van der Waals surface area (Å²) in [7, 11) is 1.46. The van der Waals surface area contributed by atoms with Crippen LogP contribution in [0.25, 0.3) is 0 Å². The number of phenols is 1. The Balaban J connectivity index is 1.29. The summed E-state index contributed by atoms with van der Waals surface area (Å²) in [5.74, 6) is -1.66. The highest BCUT2D eigenvalue weighted by Crippen LogP contribution is 2.53. The van der Waals surface area contributed by atoms with E-state index in [-0.39, 0.29) is 29.0 Å². The third-order valence-electron chi connectivity index (χ3n) is 6.89. The molecule has 3 amide bonds. The van der Waals surface area contributed by atoms with Gasteiger partial charge in [0.15, 0.2) is 18.1 Å². The number of thioether (sulfide) groups is 1. The van der Waals surface area contributed by atoms with E-state index in [4.69, 9.17) is 9.47 Å². The number of fused-ring (bicyclic) bond motifs is 2. The molecular formula is C29H23N3O7S2. The minimum Gasteiger partial charge on any atom is -0.508 e. The summed E-state index contributed by atoms with van der Waals surface area (Å²) in [6.45, 7) is -0.302. The van der Waals surface area contributed by atoms with Crippen LogP contribution in [0.5, 0.6) is 17.2 Å². The molecule has 12 heteroatoms. The highest BCUT2D eigenvalue weighted by atomic mass is 32.2. The molecule has 3 heterocycles. The zero-order chi connectivity index (χ0) is 28.7. The van der Waals surface area contributed by atoms with Crippen molar-refractivity contribution >= 4 is 52.2 Å². The molecule has 1 fully saturated rings. The molecule has 2 aliphatic heterocycles. The summed E-state index contributed by atoms with van der Waals surface area (Å²) < 4.78 is 11.3. The quantitative estimate of drug-likeness (QED) is 0.218. The molecule has 3 unspecified atom stereocenters. The van der Waals surface area contributed by atoms with Gasteiger partial charge in [-0.15, -0.1) is 0 Å². The highest BCUT2D eigenvalue weighted by Gasteiger charge is 2.56. The normalized spacial score (nSPS) is 19.4. The summed E-state index contributed by atoms with van der Waals surface area (Å²) in [4.78, 5) is 56.6. The van der Waals surface area contributed by atoms with Gasteiger partial charge in [0.25, 0.3) is 5.91 Å². The van der Waals surface area contributed by atoms with Gasteiger partial charge in [-0.2, -0.15) is 0 Å². The molecule has 3 aromatic carbocycles. The molecular weight excluding hydrogens is 566 g/mol. The Hall–Kier alpha value is -4.55. The van der Waals surface area contributed by atoms with Gasteiger partial charge in [0.1, 0.15) is 11.0 Å². The number of nitrogens with one attached hydrogen (secondary N) is 2. The van der Waals surface area contributed by atoms with Gasteiger partial charge in [-0.3, -0.25) is 19.2 Å². The average Bonchev–Trinajstić information content (AvgIpc) is 3.47. The van der Waals surface area contributed by atoms with E-state index in [1.54, 1.807) is 54.6 Å². The predicted molar refractivity (Wildman–Crippen MR) is 154 cm³/mol. The molecule has 6 rings (SSSR count). The van der Waals surface area contributed by atoms with Crippen LogP contribution in [-0.2, 0) is 14.4 Å². The lowest BCUT2D eigenvalue weighted by Gasteiger charge is -2.30. The molecule has 2 aliphatic rings. The number of H-pyrrole nitrogens is 1. The Labute approximate surface area is 241 Å². The van der Waals surface area contributed by atoms with Crippen molar-refractivity contribution in [2.24, 2.45) is 5.92 Å². The van der Waals surface area contributed by atoms with Crippen LogP contribution in [0.2, 0.25) is 0 Å². The van der Waals surface area contributed by atoms with Gasteiger partial charge in [-0.05, 0) is 54.1 Å². The number of methoxy groups -OCH3 is 1. The smallest absolute Gasteiger partial charge is 0.305 e. The van der Waals surface area contributed by atoms with Crippen LogP contribution in [0.15, 0.2) is 82.6 Å². The number of anilines is 2. The highest BCUT2D eigenvalue weighted by molar-refractivity contribution is 8.00. The summed E-state index contributed by atoms with van der Waals surface area (Å²) in [5.41, 5.74) is 1.68. The maximum Gasteiger partial charge on any atom is 0.305 e. The molecule has 3 atom stereocenters. The standard InChI is InChI=1S/C29H23N3O7S2/c1-38-20-13-15(7-12-19(20)39-14-21(34)30-16-8-10-18(33)11-9-16)22-23-25(40-26-24(22)41-29(37)31-26)28(36)32(27(23)35)17-5-3-2-4-6-17/h2-13,22-23,25,33H,14H2,1H3,(H,30,34)(H,31,37). The van der Waals surface area contributed by atoms with E-state index in [9.17, 15) is 24.3 Å². The van der Waals surface area contributed by atoms with Crippen molar-refractivity contribution in [2.75, 3.05) is 23.9 Å². The molecule has 0 aliphatic carbocycles. The number of hydrogen-bond donors (Lipinski definition) is 3. The molecule has 0 bridgehead atoms. The number of aromatic hydroxyl groups is 1. The monoisotopic (exact) mass is 589 g/mol. The fourth-order valence-corrected chi connectivity index (χ4v) is 7.60. The van der Waals surface area contributed by atoms with E-state index in [1.807, 2.05) is 6.07 Å². The van der Waals surface area contributed by atoms with Crippen LogP contribution >= 0.6 is 23.1 Å². The van der Waals surface area contributed by atoms with Crippen molar-refractivity contribution < 1.29 is 29.0 Å². The number of amides is 3. The number of aromatic nitrogens is 1. The van der Waals surface area contributed by atoms with E-state index >= 15 is 0 Å². The number of benzene rings is 3. The summed E-state index contributed by atoms with van der Waals surface area (Å²) >= 11 is 2.23. The minimum atomic E-state index is -0.737. The van der Waals surface area contributed by atoms with Gasteiger partial charge in [0.05, 0.1) is 23.7 Å². The Morgan fingerprint density at radius 1 is 1.00 bits per heavy atom. The first-order valence-electron chi connectivity index (χ1n) is 12.6. The van der Waals surface area contributed by atoms with Crippen molar-refractivity contribution in [2.45, 2.75) is 16.2 Å². The van der Waals surface area contributed by atoms with Gasteiger partial charge in [0.2, 0.25) is 11.8 Å². The lowest BCUT2D eigenvalue weighted by Crippen LogP contribution is -2.32. The van der Waals surface area contributed by atoms with Gasteiger partial charge in [-0.1, -0.05) is 47.4 Å². The molecule has 4 aromatic rings. The number of aromatic amines is 1. The Morgan fingerprint density at radius 2 is 1.76 bits per heavy atom. The molecule has 0 spiro atoms. The van der Waals surface area contributed by atoms with Crippen molar-refractivity contribution in [3.63, 3.8) is 0 Å². The summed E-state index contributed by atoms with van der Waals surface area (Å²) in [6.07, 6.45) is 0. The molecule has 0 radical (unpaired) electrons. The van der Waals surface area contributed by atoms with Gasteiger partial charge < -0.3 is 24.9 Å². The third kappa shape index (κ3) is 4.96. The number of thiazole rings is 1. The predicted octanol–water partition coefficient (Wildman–Crippen LogP) is 3.96. The second kappa shape index (κ2) is 10.8. The number of nitrogens with zero attached hydrogens (tertiary/aromatic N) is 1. The number of imide groups is 1. The minimum absolute atomic E-state index is 0.0856. The molecule has 0 saturated carbocycles.